The molecular formula is C20H18N4O4. The monoisotopic (exact) mass is 378 g/mol. The SMILES string of the molecule is Cc1ccc(-c2nnc(CCC(=O)N3CCc4ccc([N+](=O)[O-])cc43)o2)cc1. The number of nitro groups is 1. The molecule has 2 heterocycles. The average molecular weight is 378 g/mol. The third kappa shape index (κ3) is 3.48. The van der Waals surface area contributed by atoms with Crippen molar-refractivity contribution in [2.45, 2.75) is 26.2 Å². The second-order valence-electron chi connectivity index (χ2n) is 6.73. The highest BCUT2D eigenvalue weighted by atomic mass is 16.6. The van der Waals surface area contributed by atoms with Crippen LogP contribution in [0.2, 0.25) is 0 Å². The van der Waals surface area contributed by atoms with Gasteiger partial charge in [-0.3, -0.25) is 14.9 Å². The normalized spacial score (nSPS) is 12.8. The van der Waals surface area contributed by atoms with E-state index in [4.69, 9.17) is 4.42 Å². The van der Waals surface area contributed by atoms with Crippen LogP contribution in [0.4, 0.5) is 11.4 Å². The fourth-order valence-corrected chi connectivity index (χ4v) is 3.26. The van der Waals surface area contributed by atoms with E-state index < -0.39 is 4.92 Å². The summed E-state index contributed by atoms with van der Waals surface area (Å²) in [4.78, 5) is 24.8. The number of nitrogens with zero attached hydrogens (tertiary/aromatic N) is 4. The molecule has 0 bridgehead atoms. The zero-order valence-corrected chi connectivity index (χ0v) is 15.3. The number of rotatable bonds is 5. The van der Waals surface area contributed by atoms with Gasteiger partial charge in [-0.25, -0.2) is 0 Å². The van der Waals surface area contributed by atoms with Crippen LogP contribution in [0.3, 0.4) is 0 Å². The maximum absolute atomic E-state index is 12.6. The summed E-state index contributed by atoms with van der Waals surface area (Å²) in [6.45, 7) is 2.52. The van der Waals surface area contributed by atoms with Crippen molar-refractivity contribution in [1.29, 1.82) is 0 Å². The molecule has 8 heteroatoms. The summed E-state index contributed by atoms with van der Waals surface area (Å²) in [5.41, 5.74) is 3.51. The smallest absolute Gasteiger partial charge is 0.271 e. The fraction of sp³-hybridized carbons (Fsp3) is 0.250. The zero-order valence-electron chi connectivity index (χ0n) is 15.3. The number of amides is 1. The molecular weight excluding hydrogens is 360 g/mol. The van der Waals surface area contributed by atoms with Crippen molar-refractivity contribution in [3.05, 3.63) is 69.6 Å². The van der Waals surface area contributed by atoms with Crippen LogP contribution in [0, 0.1) is 17.0 Å². The Morgan fingerprint density at radius 1 is 1.21 bits per heavy atom. The molecule has 28 heavy (non-hydrogen) atoms. The van der Waals surface area contributed by atoms with E-state index in [9.17, 15) is 14.9 Å². The van der Waals surface area contributed by atoms with Gasteiger partial charge in [0.2, 0.25) is 17.7 Å². The first-order valence-electron chi connectivity index (χ1n) is 8.98. The van der Waals surface area contributed by atoms with Crippen molar-refractivity contribution in [2.75, 3.05) is 11.4 Å². The topological polar surface area (TPSA) is 102 Å². The maximum Gasteiger partial charge on any atom is 0.271 e. The molecule has 1 aromatic heterocycles. The van der Waals surface area contributed by atoms with Crippen molar-refractivity contribution in [3.8, 4) is 11.5 Å². The summed E-state index contributed by atoms with van der Waals surface area (Å²) in [6.07, 6.45) is 1.20. The van der Waals surface area contributed by atoms with Crippen LogP contribution >= 0.6 is 0 Å². The predicted molar refractivity (Wildman–Crippen MR) is 102 cm³/mol. The van der Waals surface area contributed by atoms with E-state index in [1.165, 1.54) is 12.1 Å². The van der Waals surface area contributed by atoms with E-state index in [1.54, 1.807) is 11.0 Å². The number of aromatic nitrogens is 2. The summed E-state index contributed by atoms with van der Waals surface area (Å²) in [7, 11) is 0. The predicted octanol–water partition coefficient (Wildman–Crippen LogP) is 3.48. The average Bonchev–Trinajstić information content (AvgIpc) is 3.33. The molecule has 8 nitrogen and oxygen atoms in total. The van der Waals surface area contributed by atoms with Gasteiger partial charge in [0.1, 0.15) is 0 Å². The minimum atomic E-state index is -0.452. The Morgan fingerprint density at radius 2 is 2.00 bits per heavy atom. The van der Waals surface area contributed by atoms with E-state index in [2.05, 4.69) is 10.2 Å². The van der Waals surface area contributed by atoms with E-state index >= 15 is 0 Å². The van der Waals surface area contributed by atoms with Crippen LogP contribution in [0.5, 0.6) is 0 Å². The second kappa shape index (κ2) is 7.22. The highest BCUT2D eigenvalue weighted by molar-refractivity contribution is 5.95. The molecule has 142 valence electrons. The van der Waals surface area contributed by atoms with Gasteiger partial charge in [-0.15, -0.1) is 10.2 Å². The lowest BCUT2D eigenvalue weighted by Gasteiger charge is -2.16. The largest absolute Gasteiger partial charge is 0.421 e. The number of aryl methyl sites for hydroxylation is 2. The van der Waals surface area contributed by atoms with Gasteiger partial charge in [-0.1, -0.05) is 23.8 Å². The molecule has 0 saturated heterocycles. The fourth-order valence-electron chi connectivity index (χ4n) is 3.26. The standard InChI is InChI=1S/C20H18N4O4/c1-13-2-4-15(5-3-13)20-22-21-18(28-20)8-9-19(25)23-11-10-14-6-7-16(24(26)27)12-17(14)23/h2-7,12H,8-11H2,1H3. The molecule has 0 aliphatic carbocycles. The molecule has 1 amide bonds. The molecule has 0 unspecified atom stereocenters. The van der Waals surface area contributed by atoms with E-state index in [1.807, 2.05) is 31.2 Å². The summed E-state index contributed by atoms with van der Waals surface area (Å²) < 4.78 is 5.66. The Balaban J connectivity index is 1.43. The van der Waals surface area contributed by atoms with Crippen molar-refractivity contribution in [3.63, 3.8) is 0 Å². The van der Waals surface area contributed by atoms with Crippen LogP contribution < -0.4 is 4.90 Å². The molecule has 1 aliphatic heterocycles. The molecule has 0 fully saturated rings. The number of hydrogen-bond donors (Lipinski definition) is 0. The molecule has 4 rings (SSSR count). The summed E-state index contributed by atoms with van der Waals surface area (Å²) in [5.74, 6) is 0.696. The molecule has 0 atom stereocenters. The Hall–Kier alpha value is -3.55. The van der Waals surface area contributed by atoms with E-state index in [0.29, 0.717) is 36.9 Å². The third-order valence-electron chi connectivity index (χ3n) is 4.79. The zero-order chi connectivity index (χ0) is 19.7. The second-order valence-corrected chi connectivity index (χ2v) is 6.73. The lowest BCUT2D eigenvalue weighted by molar-refractivity contribution is -0.384. The number of hydrogen-bond acceptors (Lipinski definition) is 6. The molecule has 3 aromatic rings. The number of benzene rings is 2. The molecule has 0 spiro atoms. The molecule has 0 N–H and O–H groups in total. The lowest BCUT2D eigenvalue weighted by Crippen LogP contribution is -2.29. The summed E-state index contributed by atoms with van der Waals surface area (Å²) in [5, 5.41) is 19.1. The Bertz CT molecular complexity index is 1040. The number of anilines is 1. The van der Waals surface area contributed by atoms with Gasteiger partial charge in [0, 0.05) is 37.1 Å². The molecule has 2 aromatic carbocycles. The van der Waals surface area contributed by atoms with Gasteiger partial charge in [-0.2, -0.15) is 0 Å². The highest BCUT2D eigenvalue weighted by Gasteiger charge is 2.26. The molecule has 0 saturated carbocycles. The minimum Gasteiger partial charge on any atom is -0.421 e. The first-order chi connectivity index (χ1) is 13.5. The van der Waals surface area contributed by atoms with Crippen molar-refractivity contribution >= 4 is 17.3 Å². The maximum atomic E-state index is 12.6. The van der Waals surface area contributed by atoms with Gasteiger partial charge >= 0.3 is 0 Å². The number of carbonyl (C=O) groups excluding carboxylic acids is 1. The molecule has 0 radical (unpaired) electrons. The van der Waals surface area contributed by atoms with Crippen molar-refractivity contribution in [1.82, 2.24) is 10.2 Å². The van der Waals surface area contributed by atoms with Crippen molar-refractivity contribution in [2.24, 2.45) is 0 Å². The first-order valence-corrected chi connectivity index (χ1v) is 8.98. The van der Waals surface area contributed by atoms with Gasteiger partial charge in [-0.05, 0) is 31.0 Å². The quantitative estimate of drug-likeness (QED) is 0.497. The molecule has 1 aliphatic rings. The number of carbonyl (C=O) groups is 1. The van der Waals surface area contributed by atoms with E-state index in [-0.39, 0.29) is 18.0 Å². The van der Waals surface area contributed by atoms with Crippen LogP contribution in [0.15, 0.2) is 46.9 Å². The van der Waals surface area contributed by atoms with Gasteiger partial charge in [0.25, 0.3) is 5.69 Å². The van der Waals surface area contributed by atoms with Gasteiger partial charge in [0.15, 0.2) is 0 Å². The lowest BCUT2D eigenvalue weighted by atomic mass is 10.1. The number of fused-ring (bicyclic) bond motifs is 1. The Morgan fingerprint density at radius 3 is 2.75 bits per heavy atom. The summed E-state index contributed by atoms with van der Waals surface area (Å²) in [6, 6.07) is 12.4. The summed E-state index contributed by atoms with van der Waals surface area (Å²) >= 11 is 0. The van der Waals surface area contributed by atoms with Crippen LogP contribution in [0.1, 0.15) is 23.4 Å². The minimum absolute atomic E-state index is 0.0157. The third-order valence-corrected chi connectivity index (χ3v) is 4.79. The Kier molecular flexibility index (Phi) is 4.60. The van der Waals surface area contributed by atoms with Crippen LogP contribution in [-0.2, 0) is 17.6 Å². The van der Waals surface area contributed by atoms with E-state index in [0.717, 1.165) is 16.7 Å². The number of nitro benzene ring substituents is 1. The highest BCUT2D eigenvalue weighted by Crippen LogP contribution is 2.32. The van der Waals surface area contributed by atoms with Crippen molar-refractivity contribution < 1.29 is 14.1 Å². The van der Waals surface area contributed by atoms with Gasteiger partial charge in [0.05, 0.1) is 10.6 Å². The number of non-ortho nitro benzene ring substituents is 1. The first kappa shape index (κ1) is 17.8. The van der Waals surface area contributed by atoms with Crippen LogP contribution in [0.25, 0.3) is 11.5 Å². The van der Waals surface area contributed by atoms with Crippen LogP contribution in [-0.4, -0.2) is 27.6 Å². The van der Waals surface area contributed by atoms with Gasteiger partial charge < -0.3 is 9.32 Å². The Labute approximate surface area is 161 Å².